The van der Waals surface area contributed by atoms with Crippen molar-refractivity contribution in [1.29, 1.82) is 0 Å². The van der Waals surface area contributed by atoms with Crippen molar-refractivity contribution in [2.75, 3.05) is 27.8 Å². The van der Waals surface area contributed by atoms with E-state index in [0.29, 0.717) is 12.5 Å². The summed E-state index contributed by atoms with van der Waals surface area (Å²) in [7, 11) is 5.05. The Morgan fingerprint density at radius 2 is 1.96 bits per heavy atom. The normalized spacial score (nSPS) is 12.6. The summed E-state index contributed by atoms with van der Waals surface area (Å²) in [6.07, 6.45) is 0. The van der Waals surface area contributed by atoms with E-state index in [0.717, 1.165) is 29.6 Å². The lowest BCUT2D eigenvalue weighted by atomic mass is 10.1. The van der Waals surface area contributed by atoms with E-state index >= 15 is 0 Å². The maximum absolute atomic E-state index is 5.33. The predicted octanol–water partition coefficient (Wildman–Crippen LogP) is 3.23. The first-order valence-corrected chi connectivity index (χ1v) is 8.79. The first-order valence-electron chi connectivity index (χ1n) is 7.85. The molecule has 2 aromatic rings. The molecule has 0 saturated heterocycles. The summed E-state index contributed by atoms with van der Waals surface area (Å²) in [5.41, 5.74) is 2.45. The molecule has 0 radical (unpaired) electrons. The van der Waals surface area contributed by atoms with Crippen LogP contribution in [-0.2, 0) is 6.54 Å². The van der Waals surface area contributed by atoms with Gasteiger partial charge in [0.15, 0.2) is 17.5 Å². The number of nitrogens with zero attached hydrogens (tertiary/aromatic N) is 1. The summed E-state index contributed by atoms with van der Waals surface area (Å²) >= 11 is 1.73. The predicted molar refractivity (Wildman–Crippen MR) is 100 cm³/mol. The monoisotopic (exact) mass is 347 g/mol. The third kappa shape index (κ3) is 4.89. The van der Waals surface area contributed by atoms with Gasteiger partial charge in [-0.25, -0.2) is 0 Å². The van der Waals surface area contributed by atoms with Gasteiger partial charge in [0.05, 0.1) is 14.2 Å². The Balaban J connectivity index is 1.87. The minimum atomic E-state index is 0.441. The number of thiophene rings is 1. The second kappa shape index (κ2) is 9.17. The molecule has 0 saturated carbocycles. The van der Waals surface area contributed by atoms with E-state index in [4.69, 9.17) is 9.47 Å². The highest BCUT2D eigenvalue weighted by Gasteiger charge is 2.08. The summed E-state index contributed by atoms with van der Waals surface area (Å²) in [4.78, 5) is 4.27. The van der Waals surface area contributed by atoms with Crippen LogP contribution in [0.4, 0.5) is 0 Å². The van der Waals surface area contributed by atoms with Crippen LogP contribution in [0.5, 0.6) is 11.5 Å². The van der Waals surface area contributed by atoms with E-state index in [1.54, 1.807) is 32.6 Å². The Bertz CT molecular complexity index is 656. The number of guanidine groups is 1. The first-order chi connectivity index (χ1) is 11.7. The van der Waals surface area contributed by atoms with Crippen molar-refractivity contribution in [3.8, 4) is 11.5 Å². The van der Waals surface area contributed by atoms with Crippen molar-refractivity contribution in [2.24, 2.45) is 4.99 Å². The second-order valence-electron chi connectivity index (χ2n) is 5.45. The molecule has 0 aliphatic heterocycles. The largest absolute Gasteiger partial charge is 0.493 e. The fraction of sp³-hybridized carbons (Fsp3) is 0.389. The Labute approximate surface area is 147 Å². The number of hydrogen-bond acceptors (Lipinski definition) is 4. The minimum Gasteiger partial charge on any atom is -0.493 e. The highest BCUT2D eigenvalue weighted by Crippen LogP contribution is 2.27. The van der Waals surface area contributed by atoms with Crippen LogP contribution < -0.4 is 20.1 Å². The van der Waals surface area contributed by atoms with Crippen LogP contribution in [-0.4, -0.2) is 33.8 Å². The van der Waals surface area contributed by atoms with Gasteiger partial charge < -0.3 is 20.1 Å². The average molecular weight is 347 g/mol. The molecule has 2 rings (SSSR count). The number of rotatable bonds is 7. The van der Waals surface area contributed by atoms with Crippen LogP contribution in [0.15, 0.2) is 40.0 Å². The van der Waals surface area contributed by atoms with Crippen molar-refractivity contribution in [1.82, 2.24) is 10.6 Å². The quantitative estimate of drug-likeness (QED) is 0.596. The van der Waals surface area contributed by atoms with Crippen LogP contribution in [0.2, 0.25) is 0 Å². The fourth-order valence-corrected chi connectivity index (χ4v) is 3.10. The molecular formula is C18H25N3O2S. The van der Waals surface area contributed by atoms with E-state index < -0.39 is 0 Å². The second-order valence-corrected chi connectivity index (χ2v) is 6.23. The molecule has 0 spiro atoms. The average Bonchev–Trinajstić information content (AvgIpc) is 3.16. The van der Waals surface area contributed by atoms with E-state index in [1.165, 1.54) is 5.56 Å². The van der Waals surface area contributed by atoms with Crippen LogP contribution in [0.1, 0.15) is 24.0 Å². The highest BCUT2D eigenvalue weighted by atomic mass is 32.1. The molecule has 24 heavy (non-hydrogen) atoms. The Kier molecular flexibility index (Phi) is 6.93. The molecule has 1 aromatic heterocycles. The molecule has 0 amide bonds. The van der Waals surface area contributed by atoms with Gasteiger partial charge in [-0.2, -0.15) is 11.3 Å². The third-order valence-corrected chi connectivity index (χ3v) is 4.52. The maximum atomic E-state index is 5.33. The fourth-order valence-electron chi connectivity index (χ4n) is 2.32. The Morgan fingerprint density at radius 1 is 1.17 bits per heavy atom. The molecule has 0 bridgehead atoms. The lowest BCUT2D eigenvalue weighted by Gasteiger charge is -2.16. The molecule has 1 unspecified atom stereocenters. The van der Waals surface area contributed by atoms with Gasteiger partial charge in [-0.15, -0.1) is 0 Å². The van der Waals surface area contributed by atoms with Crippen LogP contribution in [0.25, 0.3) is 0 Å². The zero-order valence-corrected chi connectivity index (χ0v) is 15.4. The smallest absolute Gasteiger partial charge is 0.191 e. The van der Waals surface area contributed by atoms with Crippen molar-refractivity contribution in [2.45, 2.75) is 19.4 Å². The van der Waals surface area contributed by atoms with Crippen LogP contribution in [0, 0.1) is 0 Å². The lowest BCUT2D eigenvalue weighted by Crippen LogP contribution is -2.38. The first kappa shape index (κ1) is 18.1. The zero-order chi connectivity index (χ0) is 17.4. The zero-order valence-electron chi connectivity index (χ0n) is 14.6. The van der Waals surface area contributed by atoms with Gasteiger partial charge in [0.2, 0.25) is 0 Å². The van der Waals surface area contributed by atoms with E-state index in [9.17, 15) is 0 Å². The molecule has 0 aliphatic rings. The van der Waals surface area contributed by atoms with Gasteiger partial charge in [-0.3, -0.25) is 4.99 Å². The molecule has 2 N–H and O–H groups in total. The maximum Gasteiger partial charge on any atom is 0.191 e. The Hall–Kier alpha value is -2.21. The number of nitrogens with one attached hydrogen (secondary N) is 2. The third-order valence-electron chi connectivity index (χ3n) is 3.82. The number of benzene rings is 1. The molecule has 1 atom stereocenters. The Morgan fingerprint density at radius 3 is 2.58 bits per heavy atom. The van der Waals surface area contributed by atoms with Gasteiger partial charge in [0.25, 0.3) is 0 Å². The van der Waals surface area contributed by atoms with Crippen molar-refractivity contribution in [3.63, 3.8) is 0 Å². The molecular weight excluding hydrogens is 322 g/mol. The van der Waals surface area contributed by atoms with Gasteiger partial charge in [0, 0.05) is 20.1 Å². The molecule has 1 heterocycles. The van der Waals surface area contributed by atoms with E-state index in [1.807, 2.05) is 18.2 Å². The van der Waals surface area contributed by atoms with Gasteiger partial charge in [-0.1, -0.05) is 13.0 Å². The van der Waals surface area contributed by atoms with Gasteiger partial charge >= 0.3 is 0 Å². The SMILES string of the molecule is CN=C(NCc1ccc(OC)c(OC)c1)NCC(C)c1ccsc1. The molecule has 6 heteroatoms. The number of hydrogen-bond donors (Lipinski definition) is 2. The molecule has 0 fully saturated rings. The van der Waals surface area contributed by atoms with E-state index in [-0.39, 0.29) is 0 Å². The lowest BCUT2D eigenvalue weighted by molar-refractivity contribution is 0.354. The molecule has 130 valence electrons. The summed E-state index contributed by atoms with van der Waals surface area (Å²) in [6, 6.07) is 8.05. The van der Waals surface area contributed by atoms with Crippen molar-refractivity contribution >= 4 is 17.3 Å². The van der Waals surface area contributed by atoms with Crippen LogP contribution >= 0.6 is 11.3 Å². The number of aliphatic imine (C=N–C) groups is 1. The number of ether oxygens (including phenoxy) is 2. The summed E-state index contributed by atoms with van der Waals surface area (Å²) in [5.74, 6) is 2.68. The van der Waals surface area contributed by atoms with Crippen molar-refractivity contribution < 1.29 is 9.47 Å². The molecule has 5 nitrogen and oxygen atoms in total. The summed E-state index contributed by atoms with van der Waals surface area (Å²) < 4.78 is 10.6. The van der Waals surface area contributed by atoms with Crippen LogP contribution in [0.3, 0.4) is 0 Å². The minimum absolute atomic E-state index is 0.441. The topological polar surface area (TPSA) is 54.9 Å². The highest BCUT2D eigenvalue weighted by molar-refractivity contribution is 7.07. The standard InChI is InChI=1S/C18H25N3O2S/c1-13(15-7-8-24-12-15)10-20-18(19-2)21-11-14-5-6-16(22-3)17(9-14)23-4/h5-9,12-13H,10-11H2,1-4H3,(H2,19,20,21). The van der Waals surface area contributed by atoms with Gasteiger partial charge in [-0.05, 0) is 46.0 Å². The summed E-state index contributed by atoms with van der Waals surface area (Å²) in [5, 5.41) is 11.0. The molecule has 1 aromatic carbocycles. The van der Waals surface area contributed by atoms with E-state index in [2.05, 4.69) is 39.4 Å². The summed E-state index contributed by atoms with van der Waals surface area (Å²) in [6.45, 7) is 3.70. The number of methoxy groups -OCH3 is 2. The van der Waals surface area contributed by atoms with Gasteiger partial charge in [0.1, 0.15) is 0 Å². The molecule has 0 aliphatic carbocycles. The van der Waals surface area contributed by atoms with Crippen molar-refractivity contribution in [3.05, 3.63) is 46.2 Å².